The molecule has 0 unspecified atom stereocenters. The van der Waals surface area contributed by atoms with Gasteiger partial charge in [-0.05, 0) is 24.1 Å². The van der Waals surface area contributed by atoms with Crippen LogP contribution in [0, 0.1) is 5.92 Å². The van der Waals surface area contributed by atoms with E-state index in [9.17, 15) is 4.79 Å². The van der Waals surface area contributed by atoms with Gasteiger partial charge in [0.15, 0.2) is 5.82 Å². The normalized spacial score (nSPS) is 10.8. The lowest BCUT2D eigenvalue weighted by molar-refractivity contribution is -0.114. The van der Waals surface area contributed by atoms with E-state index in [2.05, 4.69) is 34.6 Å². The van der Waals surface area contributed by atoms with Gasteiger partial charge in [0.1, 0.15) is 0 Å². The number of hydrogen-bond donors (Lipinski definition) is 2. The Morgan fingerprint density at radius 1 is 1.36 bits per heavy atom. The second-order valence-electron chi connectivity index (χ2n) is 5.43. The van der Waals surface area contributed by atoms with Gasteiger partial charge in [0, 0.05) is 18.4 Å². The van der Waals surface area contributed by atoms with Crippen LogP contribution in [0.4, 0.5) is 11.4 Å². The SMILES string of the molecule is CC(=O)Nc1ccc(Cl)cc1NCc1nc(CC(C)C)no1. The summed E-state index contributed by atoms with van der Waals surface area (Å²) in [4.78, 5) is 15.5. The summed E-state index contributed by atoms with van der Waals surface area (Å²) < 4.78 is 5.19. The average molecular weight is 323 g/mol. The highest BCUT2D eigenvalue weighted by molar-refractivity contribution is 6.31. The van der Waals surface area contributed by atoms with Crippen LogP contribution in [0.15, 0.2) is 22.7 Å². The molecule has 0 bridgehead atoms. The second kappa shape index (κ2) is 7.26. The topological polar surface area (TPSA) is 80.0 Å². The molecule has 1 aromatic carbocycles. The monoisotopic (exact) mass is 322 g/mol. The van der Waals surface area contributed by atoms with Gasteiger partial charge in [-0.15, -0.1) is 0 Å². The Morgan fingerprint density at radius 2 is 2.14 bits per heavy atom. The van der Waals surface area contributed by atoms with Crippen molar-refractivity contribution in [3.63, 3.8) is 0 Å². The third kappa shape index (κ3) is 4.73. The van der Waals surface area contributed by atoms with E-state index >= 15 is 0 Å². The molecular weight excluding hydrogens is 304 g/mol. The molecule has 6 nitrogen and oxygen atoms in total. The molecule has 0 aliphatic carbocycles. The molecule has 118 valence electrons. The first-order valence-corrected chi connectivity index (χ1v) is 7.44. The van der Waals surface area contributed by atoms with Gasteiger partial charge in [0.2, 0.25) is 11.8 Å². The molecule has 0 aliphatic heterocycles. The number of carbonyl (C=O) groups excluding carboxylic acids is 1. The van der Waals surface area contributed by atoms with Gasteiger partial charge in [0.05, 0.1) is 17.9 Å². The Balaban J connectivity index is 2.05. The van der Waals surface area contributed by atoms with E-state index in [1.807, 2.05) is 0 Å². The van der Waals surface area contributed by atoms with Gasteiger partial charge in [-0.1, -0.05) is 30.6 Å². The molecular formula is C15H19ClN4O2. The number of hydrogen-bond acceptors (Lipinski definition) is 5. The molecule has 0 aliphatic rings. The minimum atomic E-state index is -0.151. The molecule has 0 saturated carbocycles. The van der Waals surface area contributed by atoms with E-state index in [1.165, 1.54) is 6.92 Å². The number of halogens is 1. The maximum Gasteiger partial charge on any atom is 0.245 e. The number of aromatic nitrogens is 2. The standard InChI is InChI=1S/C15H19ClN4O2/c1-9(2)6-14-19-15(22-20-14)8-17-13-7-11(16)4-5-12(13)18-10(3)21/h4-5,7,9,17H,6,8H2,1-3H3,(H,18,21). The van der Waals surface area contributed by atoms with Gasteiger partial charge in [0.25, 0.3) is 0 Å². The molecule has 1 heterocycles. The van der Waals surface area contributed by atoms with Gasteiger partial charge in [-0.25, -0.2) is 0 Å². The molecule has 0 fully saturated rings. The van der Waals surface area contributed by atoms with Gasteiger partial charge >= 0.3 is 0 Å². The highest BCUT2D eigenvalue weighted by Crippen LogP contribution is 2.26. The van der Waals surface area contributed by atoms with Crippen molar-refractivity contribution in [2.45, 2.75) is 33.7 Å². The molecule has 2 aromatic rings. The molecule has 2 rings (SSSR count). The maximum atomic E-state index is 11.2. The van der Waals surface area contributed by atoms with Crippen LogP contribution in [-0.2, 0) is 17.8 Å². The zero-order valence-electron chi connectivity index (χ0n) is 12.8. The molecule has 22 heavy (non-hydrogen) atoms. The minimum absolute atomic E-state index is 0.151. The van der Waals surface area contributed by atoms with E-state index in [1.54, 1.807) is 18.2 Å². The van der Waals surface area contributed by atoms with Crippen LogP contribution in [0.2, 0.25) is 5.02 Å². The van der Waals surface area contributed by atoms with Crippen molar-refractivity contribution >= 4 is 28.9 Å². The second-order valence-corrected chi connectivity index (χ2v) is 5.86. The number of benzene rings is 1. The Kier molecular flexibility index (Phi) is 5.38. The number of nitrogens with one attached hydrogen (secondary N) is 2. The Labute approximate surface area is 134 Å². The summed E-state index contributed by atoms with van der Waals surface area (Å²) in [5.41, 5.74) is 1.35. The molecule has 1 amide bonds. The first-order valence-electron chi connectivity index (χ1n) is 7.06. The van der Waals surface area contributed by atoms with E-state index in [0.717, 1.165) is 6.42 Å². The summed E-state index contributed by atoms with van der Waals surface area (Å²) >= 11 is 5.99. The predicted octanol–water partition coefficient (Wildman–Crippen LogP) is 3.49. The van der Waals surface area contributed by atoms with Gasteiger partial charge < -0.3 is 15.2 Å². The quantitative estimate of drug-likeness (QED) is 0.851. The van der Waals surface area contributed by atoms with Crippen LogP contribution < -0.4 is 10.6 Å². The molecule has 7 heteroatoms. The Bertz CT molecular complexity index is 655. The van der Waals surface area contributed by atoms with E-state index in [0.29, 0.717) is 40.6 Å². The zero-order valence-corrected chi connectivity index (χ0v) is 13.6. The van der Waals surface area contributed by atoms with Gasteiger partial charge in [-0.3, -0.25) is 4.79 Å². The molecule has 2 N–H and O–H groups in total. The summed E-state index contributed by atoms with van der Waals surface area (Å²) in [7, 11) is 0. The summed E-state index contributed by atoms with van der Waals surface area (Å²) in [6, 6.07) is 5.19. The number of nitrogens with zero attached hydrogens (tertiary/aromatic N) is 2. The number of carbonyl (C=O) groups is 1. The third-order valence-corrected chi connectivity index (χ3v) is 3.06. The average Bonchev–Trinajstić information content (AvgIpc) is 2.85. The van der Waals surface area contributed by atoms with Crippen molar-refractivity contribution in [1.82, 2.24) is 10.1 Å². The first kappa shape index (κ1) is 16.3. The molecule has 0 atom stereocenters. The lowest BCUT2D eigenvalue weighted by Crippen LogP contribution is -2.09. The molecule has 1 aromatic heterocycles. The van der Waals surface area contributed by atoms with E-state index < -0.39 is 0 Å². The van der Waals surface area contributed by atoms with Crippen LogP contribution in [0.3, 0.4) is 0 Å². The van der Waals surface area contributed by atoms with Gasteiger partial charge in [-0.2, -0.15) is 4.98 Å². The van der Waals surface area contributed by atoms with Crippen LogP contribution >= 0.6 is 11.6 Å². The van der Waals surface area contributed by atoms with Crippen molar-refractivity contribution < 1.29 is 9.32 Å². The van der Waals surface area contributed by atoms with Crippen LogP contribution in [0.25, 0.3) is 0 Å². The largest absolute Gasteiger partial charge is 0.374 e. The van der Waals surface area contributed by atoms with Crippen molar-refractivity contribution in [2.75, 3.05) is 10.6 Å². The number of amides is 1. The lowest BCUT2D eigenvalue weighted by atomic mass is 10.1. The highest BCUT2D eigenvalue weighted by atomic mass is 35.5. The fraction of sp³-hybridized carbons (Fsp3) is 0.400. The van der Waals surface area contributed by atoms with Crippen LogP contribution in [0.5, 0.6) is 0 Å². The van der Waals surface area contributed by atoms with E-state index in [-0.39, 0.29) is 5.91 Å². The van der Waals surface area contributed by atoms with Crippen molar-refractivity contribution in [3.05, 3.63) is 34.9 Å². The van der Waals surface area contributed by atoms with Crippen molar-refractivity contribution in [1.29, 1.82) is 0 Å². The van der Waals surface area contributed by atoms with Crippen LogP contribution in [0.1, 0.15) is 32.5 Å². The summed E-state index contributed by atoms with van der Waals surface area (Å²) in [6.07, 6.45) is 0.776. The summed E-state index contributed by atoms with van der Waals surface area (Å²) in [5.74, 6) is 1.50. The zero-order chi connectivity index (χ0) is 16.1. The van der Waals surface area contributed by atoms with Crippen molar-refractivity contribution in [3.8, 4) is 0 Å². The molecule has 0 radical (unpaired) electrons. The molecule has 0 spiro atoms. The first-order chi connectivity index (χ1) is 10.4. The third-order valence-electron chi connectivity index (χ3n) is 2.82. The van der Waals surface area contributed by atoms with Crippen molar-refractivity contribution in [2.24, 2.45) is 5.92 Å². The Morgan fingerprint density at radius 3 is 2.82 bits per heavy atom. The summed E-state index contributed by atoms with van der Waals surface area (Å²) in [5, 5.41) is 10.4. The molecule has 0 saturated heterocycles. The lowest BCUT2D eigenvalue weighted by Gasteiger charge is -2.11. The minimum Gasteiger partial charge on any atom is -0.374 e. The fourth-order valence-corrected chi connectivity index (χ4v) is 2.11. The Hall–Kier alpha value is -2.08. The maximum absolute atomic E-state index is 11.2. The summed E-state index contributed by atoms with van der Waals surface area (Å²) in [6.45, 7) is 6.01. The highest BCUT2D eigenvalue weighted by Gasteiger charge is 2.10. The number of rotatable bonds is 6. The predicted molar refractivity (Wildman–Crippen MR) is 85.9 cm³/mol. The smallest absolute Gasteiger partial charge is 0.245 e. The van der Waals surface area contributed by atoms with Crippen LogP contribution in [-0.4, -0.2) is 16.0 Å². The van der Waals surface area contributed by atoms with E-state index in [4.69, 9.17) is 16.1 Å². The fourth-order valence-electron chi connectivity index (χ4n) is 1.94. The number of anilines is 2.